The minimum atomic E-state index is -0.529. The van der Waals surface area contributed by atoms with Crippen molar-refractivity contribution in [3.63, 3.8) is 0 Å². The molecule has 1 amide bonds. The second kappa shape index (κ2) is 8.08. The van der Waals surface area contributed by atoms with Gasteiger partial charge in [0, 0.05) is 11.8 Å². The molecule has 4 heteroatoms. The van der Waals surface area contributed by atoms with E-state index >= 15 is 0 Å². The number of benzene rings is 2. The molecule has 0 aliphatic rings. The van der Waals surface area contributed by atoms with E-state index in [1.165, 1.54) is 0 Å². The van der Waals surface area contributed by atoms with Crippen molar-refractivity contribution in [2.75, 3.05) is 11.9 Å². The second-order valence-corrected chi connectivity index (χ2v) is 4.78. The predicted molar refractivity (Wildman–Crippen MR) is 87.4 cm³/mol. The highest BCUT2D eigenvalue weighted by Crippen LogP contribution is 2.19. The van der Waals surface area contributed by atoms with Crippen LogP contribution in [0.25, 0.3) is 0 Å². The molecule has 1 N–H and O–H groups in total. The Morgan fingerprint density at radius 3 is 2.45 bits per heavy atom. The molecule has 2 rings (SSSR count). The van der Waals surface area contributed by atoms with Crippen LogP contribution in [0.5, 0.6) is 11.5 Å². The summed E-state index contributed by atoms with van der Waals surface area (Å²) in [5.41, 5.74) is 0.700. The van der Waals surface area contributed by atoms with Crippen LogP contribution in [0.2, 0.25) is 0 Å². The minimum Gasteiger partial charge on any atom is -0.494 e. The van der Waals surface area contributed by atoms with Gasteiger partial charge in [0.2, 0.25) is 0 Å². The Kier molecular flexibility index (Phi) is 5.83. The maximum Gasteiger partial charge on any atom is 0.265 e. The van der Waals surface area contributed by atoms with E-state index in [2.05, 4.69) is 5.32 Å². The fourth-order valence-electron chi connectivity index (χ4n) is 2.04. The molecule has 0 spiro atoms. The molecule has 0 aliphatic heterocycles. The van der Waals surface area contributed by atoms with Crippen LogP contribution in [-0.4, -0.2) is 18.6 Å². The Morgan fingerprint density at radius 2 is 1.77 bits per heavy atom. The first-order valence-corrected chi connectivity index (χ1v) is 7.48. The lowest BCUT2D eigenvalue weighted by Crippen LogP contribution is -2.32. The molecule has 0 radical (unpaired) electrons. The number of nitrogens with one attached hydrogen (secondary N) is 1. The van der Waals surface area contributed by atoms with Gasteiger partial charge in [-0.05, 0) is 37.6 Å². The van der Waals surface area contributed by atoms with Crippen LogP contribution in [-0.2, 0) is 4.79 Å². The fraction of sp³-hybridized carbons (Fsp3) is 0.278. The lowest BCUT2D eigenvalue weighted by atomic mass is 10.2. The first-order valence-electron chi connectivity index (χ1n) is 7.48. The van der Waals surface area contributed by atoms with Gasteiger partial charge in [0.15, 0.2) is 6.10 Å². The van der Waals surface area contributed by atoms with Crippen LogP contribution < -0.4 is 14.8 Å². The zero-order chi connectivity index (χ0) is 15.8. The molecule has 0 saturated heterocycles. The van der Waals surface area contributed by atoms with Crippen LogP contribution in [0.3, 0.4) is 0 Å². The first-order chi connectivity index (χ1) is 10.7. The molecule has 4 nitrogen and oxygen atoms in total. The number of para-hydroxylation sites is 1. The van der Waals surface area contributed by atoms with Crippen LogP contribution in [0.15, 0.2) is 54.6 Å². The van der Waals surface area contributed by atoms with Crippen LogP contribution in [0.1, 0.15) is 20.3 Å². The predicted octanol–water partition coefficient (Wildman–Crippen LogP) is 3.88. The molecule has 2 aromatic rings. The lowest BCUT2D eigenvalue weighted by Gasteiger charge is -2.17. The van der Waals surface area contributed by atoms with Crippen molar-refractivity contribution in [1.82, 2.24) is 0 Å². The Labute approximate surface area is 131 Å². The SMILES string of the molecule is CCOc1cccc(NC(=O)C(CC)Oc2ccccc2)c1. The molecular formula is C18H21NO3. The minimum absolute atomic E-state index is 0.167. The maximum atomic E-state index is 12.3. The maximum absolute atomic E-state index is 12.3. The van der Waals surface area contributed by atoms with Gasteiger partial charge in [0.05, 0.1) is 6.61 Å². The van der Waals surface area contributed by atoms with Gasteiger partial charge in [-0.1, -0.05) is 31.2 Å². The highest BCUT2D eigenvalue weighted by molar-refractivity contribution is 5.94. The summed E-state index contributed by atoms with van der Waals surface area (Å²) < 4.78 is 11.2. The second-order valence-electron chi connectivity index (χ2n) is 4.78. The van der Waals surface area contributed by atoms with Crippen LogP contribution in [0, 0.1) is 0 Å². The molecule has 0 saturated carbocycles. The van der Waals surface area contributed by atoms with Gasteiger partial charge < -0.3 is 14.8 Å². The van der Waals surface area contributed by atoms with Gasteiger partial charge in [-0.15, -0.1) is 0 Å². The summed E-state index contributed by atoms with van der Waals surface area (Å²) in [5, 5.41) is 2.87. The molecule has 0 fully saturated rings. The largest absolute Gasteiger partial charge is 0.494 e. The van der Waals surface area contributed by atoms with Crippen molar-refractivity contribution in [2.45, 2.75) is 26.4 Å². The standard InChI is InChI=1S/C18H21NO3/c1-3-17(22-15-10-6-5-7-11-15)18(20)19-14-9-8-12-16(13-14)21-4-2/h5-13,17H,3-4H2,1-2H3,(H,19,20). The monoisotopic (exact) mass is 299 g/mol. The number of hydrogen-bond donors (Lipinski definition) is 1. The average molecular weight is 299 g/mol. The molecule has 116 valence electrons. The molecule has 1 atom stereocenters. The molecule has 1 unspecified atom stereocenters. The Morgan fingerprint density at radius 1 is 1.05 bits per heavy atom. The van der Waals surface area contributed by atoms with Gasteiger partial charge in [0.1, 0.15) is 11.5 Å². The molecule has 0 aromatic heterocycles. The first kappa shape index (κ1) is 15.9. The Hall–Kier alpha value is -2.49. The molecule has 0 bridgehead atoms. The van der Waals surface area contributed by atoms with Crippen LogP contribution >= 0.6 is 0 Å². The number of ether oxygens (including phenoxy) is 2. The summed E-state index contributed by atoms with van der Waals surface area (Å²) in [6, 6.07) is 16.7. The van der Waals surface area contributed by atoms with E-state index < -0.39 is 6.10 Å². The third kappa shape index (κ3) is 4.52. The van der Waals surface area contributed by atoms with E-state index in [1.54, 1.807) is 6.07 Å². The molecular weight excluding hydrogens is 278 g/mol. The number of carbonyl (C=O) groups is 1. The van der Waals surface area contributed by atoms with Crippen molar-refractivity contribution >= 4 is 11.6 Å². The number of amides is 1. The number of carbonyl (C=O) groups excluding carboxylic acids is 1. The van der Waals surface area contributed by atoms with Crippen LogP contribution in [0.4, 0.5) is 5.69 Å². The van der Waals surface area contributed by atoms with Crippen molar-refractivity contribution < 1.29 is 14.3 Å². The topological polar surface area (TPSA) is 47.6 Å². The molecule has 0 heterocycles. The smallest absolute Gasteiger partial charge is 0.265 e. The summed E-state index contributed by atoms with van der Waals surface area (Å²) in [5.74, 6) is 1.25. The lowest BCUT2D eigenvalue weighted by molar-refractivity contribution is -0.122. The summed E-state index contributed by atoms with van der Waals surface area (Å²) in [6.07, 6.45) is 0.0597. The van der Waals surface area contributed by atoms with Crippen molar-refractivity contribution in [3.8, 4) is 11.5 Å². The normalized spacial score (nSPS) is 11.5. The quantitative estimate of drug-likeness (QED) is 0.844. The average Bonchev–Trinajstić information content (AvgIpc) is 2.54. The third-order valence-electron chi connectivity index (χ3n) is 3.10. The van der Waals surface area contributed by atoms with Crippen molar-refractivity contribution in [3.05, 3.63) is 54.6 Å². The van der Waals surface area contributed by atoms with E-state index in [-0.39, 0.29) is 5.91 Å². The highest BCUT2D eigenvalue weighted by Gasteiger charge is 2.18. The van der Waals surface area contributed by atoms with Crippen molar-refractivity contribution in [1.29, 1.82) is 0 Å². The molecule has 2 aromatic carbocycles. The molecule has 22 heavy (non-hydrogen) atoms. The van der Waals surface area contributed by atoms with E-state index in [4.69, 9.17) is 9.47 Å². The summed E-state index contributed by atoms with van der Waals surface area (Å²) in [4.78, 5) is 12.3. The van der Waals surface area contributed by atoms with Gasteiger partial charge in [-0.3, -0.25) is 4.79 Å². The van der Waals surface area contributed by atoms with Gasteiger partial charge in [-0.25, -0.2) is 0 Å². The zero-order valence-electron chi connectivity index (χ0n) is 12.9. The summed E-state index contributed by atoms with van der Waals surface area (Å²) >= 11 is 0. The fourth-order valence-corrected chi connectivity index (χ4v) is 2.04. The summed E-state index contributed by atoms with van der Waals surface area (Å²) in [7, 11) is 0. The number of hydrogen-bond acceptors (Lipinski definition) is 3. The third-order valence-corrected chi connectivity index (χ3v) is 3.10. The Balaban J connectivity index is 2.01. The number of rotatable bonds is 7. The van der Waals surface area contributed by atoms with E-state index in [9.17, 15) is 4.79 Å². The Bertz CT molecular complexity index is 598. The zero-order valence-corrected chi connectivity index (χ0v) is 12.9. The van der Waals surface area contributed by atoms with Gasteiger partial charge in [0.25, 0.3) is 5.91 Å². The van der Waals surface area contributed by atoms with E-state index in [1.807, 2.05) is 62.4 Å². The van der Waals surface area contributed by atoms with Gasteiger partial charge in [-0.2, -0.15) is 0 Å². The summed E-state index contributed by atoms with van der Waals surface area (Å²) in [6.45, 7) is 4.43. The molecule has 0 aliphatic carbocycles. The van der Waals surface area contributed by atoms with Gasteiger partial charge >= 0.3 is 0 Å². The number of anilines is 1. The van der Waals surface area contributed by atoms with Crippen molar-refractivity contribution in [2.24, 2.45) is 0 Å². The van der Waals surface area contributed by atoms with E-state index in [0.29, 0.717) is 24.5 Å². The highest BCUT2D eigenvalue weighted by atomic mass is 16.5. The van der Waals surface area contributed by atoms with E-state index in [0.717, 1.165) is 5.75 Å².